The van der Waals surface area contributed by atoms with Crippen LogP contribution in [0.2, 0.25) is 0 Å². The Bertz CT molecular complexity index is 830. The predicted octanol–water partition coefficient (Wildman–Crippen LogP) is 3.10. The lowest BCUT2D eigenvalue weighted by Gasteiger charge is -2.06. The van der Waals surface area contributed by atoms with E-state index in [9.17, 15) is 19.7 Å². The van der Waals surface area contributed by atoms with Crippen molar-refractivity contribution in [2.45, 2.75) is 6.92 Å². The average Bonchev–Trinajstić information content (AvgIpc) is 2.58. The molecule has 128 valence electrons. The van der Waals surface area contributed by atoms with Gasteiger partial charge in [0, 0.05) is 23.9 Å². The van der Waals surface area contributed by atoms with E-state index in [2.05, 4.69) is 5.32 Å². The zero-order valence-corrected chi connectivity index (χ0v) is 13.5. The van der Waals surface area contributed by atoms with Crippen molar-refractivity contribution < 1.29 is 19.2 Å². The Kier molecular flexibility index (Phi) is 6.00. The number of nitrogens with zero attached hydrogens (tertiary/aromatic N) is 1. The van der Waals surface area contributed by atoms with E-state index in [0.717, 1.165) is 11.6 Å². The molecule has 1 amide bonds. The molecule has 25 heavy (non-hydrogen) atoms. The van der Waals surface area contributed by atoms with Crippen molar-refractivity contribution in [2.75, 3.05) is 11.9 Å². The zero-order valence-electron chi connectivity index (χ0n) is 13.5. The number of nitrogens with one attached hydrogen (secondary N) is 1. The number of hydrogen-bond acceptors (Lipinski definition) is 5. The fraction of sp³-hybridized carbons (Fsp3) is 0.111. The second kappa shape index (κ2) is 8.39. The van der Waals surface area contributed by atoms with E-state index in [1.165, 1.54) is 24.3 Å². The van der Waals surface area contributed by atoms with E-state index in [1.54, 1.807) is 24.3 Å². The number of non-ortho nitro benzene ring substituents is 1. The summed E-state index contributed by atoms with van der Waals surface area (Å²) >= 11 is 0. The summed E-state index contributed by atoms with van der Waals surface area (Å²) in [6.07, 6.45) is 2.49. The number of carbonyl (C=O) groups is 2. The minimum absolute atomic E-state index is 0.0759. The third-order valence-corrected chi connectivity index (χ3v) is 3.14. The van der Waals surface area contributed by atoms with Crippen molar-refractivity contribution in [3.05, 3.63) is 75.8 Å². The lowest BCUT2D eigenvalue weighted by atomic mass is 10.2. The van der Waals surface area contributed by atoms with Crippen molar-refractivity contribution in [3.8, 4) is 0 Å². The predicted molar refractivity (Wildman–Crippen MR) is 92.9 cm³/mol. The van der Waals surface area contributed by atoms with Gasteiger partial charge in [0.15, 0.2) is 6.61 Å². The highest BCUT2D eigenvalue weighted by Crippen LogP contribution is 2.14. The van der Waals surface area contributed by atoms with E-state index in [1.807, 2.05) is 13.0 Å². The molecule has 1 N–H and O–H groups in total. The number of amides is 1. The van der Waals surface area contributed by atoms with E-state index >= 15 is 0 Å². The van der Waals surface area contributed by atoms with Crippen molar-refractivity contribution in [1.82, 2.24) is 0 Å². The van der Waals surface area contributed by atoms with Crippen LogP contribution in [0, 0.1) is 17.0 Å². The highest BCUT2D eigenvalue weighted by atomic mass is 16.6. The number of nitro benzene ring substituents is 1. The number of nitro groups is 1. The first-order chi connectivity index (χ1) is 11.9. The molecule has 2 rings (SSSR count). The summed E-state index contributed by atoms with van der Waals surface area (Å²) in [7, 11) is 0. The first kappa shape index (κ1) is 17.9. The first-order valence-electron chi connectivity index (χ1n) is 7.40. The van der Waals surface area contributed by atoms with Crippen LogP contribution in [0.1, 0.15) is 11.1 Å². The van der Waals surface area contributed by atoms with Crippen LogP contribution in [0.3, 0.4) is 0 Å². The van der Waals surface area contributed by atoms with Gasteiger partial charge in [-0.2, -0.15) is 0 Å². The number of hydrogen-bond donors (Lipinski definition) is 1. The highest BCUT2D eigenvalue weighted by molar-refractivity contribution is 5.94. The molecule has 0 aromatic heterocycles. The van der Waals surface area contributed by atoms with E-state index in [0.29, 0.717) is 11.3 Å². The molecule has 0 aliphatic carbocycles. The van der Waals surface area contributed by atoms with Crippen LogP contribution < -0.4 is 5.32 Å². The molecule has 0 spiro atoms. The number of esters is 1. The summed E-state index contributed by atoms with van der Waals surface area (Å²) in [5, 5.41) is 13.3. The van der Waals surface area contributed by atoms with Gasteiger partial charge >= 0.3 is 5.97 Å². The minimum Gasteiger partial charge on any atom is -0.452 e. The summed E-state index contributed by atoms with van der Waals surface area (Å²) in [6, 6.07) is 13.0. The molecule has 0 unspecified atom stereocenters. The Morgan fingerprint density at radius 1 is 1.20 bits per heavy atom. The molecule has 7 nitrogen and oxygen atoms in total. The van der Waals surface area contributed by atoms with Gasteiger partial charge in [0.1, 0.15) is 0 Å². The van der Waals surface area contributed by atoms with E-state index in [-0.39, 0.29) is 5.69 Å². The van der Waals surface area contributed by atoms with Gasteiger partial charge in [0.2, 0.25) is 0 Å². The third-order valence-electron chi connectivity index (χ3n) is 3.14. The fourth-order valence-electron chi connectivity index (χ4n) is 2.01. The second-order valence-corrected chi connectivity index (χ2v) is 5.21. The summed E-state index contributed by atoms with van der Waals surface area (Å²) in [5.41, 5.74) is 2.02. The minimum atomic E-state index is -0.717. The average molecular weight is 340 g/mol. The number of rotatable bonds is 6. The van der Waals surface area contributed by atoms with Gasteiger partial charge < -0.3 is 10.1 Å². The zero-order chi connectivity index (χ0) is 18.2. The fourth-order valence-corrected chi connectivity index (χ4v) is 2.01. The number of ether oxygens (including phenoxy) is 1. The Labute approximate surface area is 144 Å². The molecule has 0 bridgehead atoms. The van der Waals surface area contributed by atoms with Crippen LogP contribution in [-0.4, -0.2) is 23.4 Å². The van der Waals surface area contributed by atoms with Gasteiger partial charge in [-0.25, -0.2) is 4.79 Å². The van der Waals surface area contributed by atoms with Gasteiger partial charge in [-0.1, -0.05) is 24.3 Å². The molecule has 0 fully saturated rings. The Hall–Kier alpha value is -3.48. The summed E-state index contributed by atoms with van der Waals surface area (Å²) in [4.78, 5) is 33.5. The topological polar surface area (TPSA) is 98.5 Å². The number of aryl methyl sites for hydroxylation is 1. The van der Waals surface area contributed by atoms with Gasteiger partial charge in [-0.15, -0.1) is 0 Å². The molecule has 2 aromatic rings. The SMILES string of the molecule is Cc1cccc(NC(=O)COC(=O)/C=C/c2cccc([N+](=O)[O-])c2)c1. The number of benzene rings is 2. The molecule has 0 atom stereocenters. The van der Waals surface area contributed by atoms with Crippen LogP contribution >= 0.6 is 0 Å². The van der Waals surface area contributed by atoms with Crippen molar-refractivity contribution in [2.24, 2.45) is 0 Å². The summed E-state index contributed by atoms with van der Waals surface area (Å²) in [5.74, 6) is -1.17. The van der Waals surface area contributed by atoms with Crippen LogP contribution in [0.15, 0.2) is 54.6 Å². The van der Waals surface area contributed by atoms with Gasteiger partial charge in [0.05, 0.1) is 4.92 Å². The molecule has 0 aliphatic heterocycles. The summed E-state index contributed by atoms with van der Waals surface area (Å²) < 4.78 is 4.83. The van der Waals surface area contributed by atoms with Crippen molar-refractivity contribution in [3.63, 3.8) is 0 Å². The molecule has 0 heterocycles. The van der Waals surface area contributed by atoms with Gasteiger partial charge in [-0.05, 0) is 36.3 Å². The third kappa shape index (κ3) is 5.91. The lowest BCUT2D eigenvalue weighted by Crippen LogP contribution is -2.20. The van der Waals surface area contributed by atoms with E-state index in [4.69, 9.17) is 4.74 Å². The van der Waals surface area contributed by atoms with E-state index < -0.39 is 23.4 Å². The van der Waals surface area contributed by atoms with Gasteiger partial charge in [0.25, 0.3) is 11.6 Å². The van der Waals surface area contributed by atoms with Crippen LogP contribution in [-0.2, 0) is 14.3 Å². The maximum absolute atomic E-state index is 11.7. The molecule has 0 radical (unpaired) electrons. The largest absolute Gasteiger partial charge is 0.452 e. The Balaban J connectivity index is 1.84. The lowest BCUT2D eigenvalue weighted by molar-refractivity contribution is -0.384. The van der Waals surface area contributed by atoms with Crippen LogP contribution in [0.5, 0.6) is 0 Å². The molecular weight excluding hydrogens is 324 g/mol. The molecule has 0 saturated carbocycles. The van der Waals surface area contributed by atoms with Crippen LogP contribution in [0.4, 0.5) is 11.4 Å². The number of anilines is 1. The molecule has 0 saturated heterocycles. The quantitative estimate of drug-likeness (QED) is 0.377. The first-order valence-corrected chi connectivity index (χ1v) is 7.40. The second-order valence-electron chi connectivity index (χ2n) is 5.21. The Morgan fingerprint density at radius 2 is 1.96 bits per heavy atom. The summed E-state index contributed by atoms with van der Waals surface area (Å²) in [6.45, 7) is 1.47. The van der Waals surface area contributed by atoms with Crippen LogP contribution in [0.25, 0.3) is 6.08 Å². The molecule has 2 aromatic carbocycles. The van der Waals surface area contributed by atoms with Gasteiger partial charge in [-0.3, -0.25) is 14.9 Å². The van der Waals surface area contributed by atoms with Crippen molar-refractivity contribution in [1.29, 1.82) is 0 Å². The number of carbonyl (C=O) groups excluding carboxylic acids is 2. The smallest absolute Gasteiger partial charge is 0.331 e. The normalized spacial score (nSPS) is 10.4. The molecule has 0 aliphatic rings. The molecular formula is C18H16N2O5. The standard InChI is InChI=1S/C18H16N2O5/c1-13-4-2-6-15(10-13)19-17(21)12-25-18(22)9-8-14-5-3-7-16(11-14)20(23)24/h2-11H,12H2,1H3,(H,19,21)/b9-8+. The van der Waals surface area contributed by atoms with Crippen molar-refractivity contribution >= 4 is 29.3 Å². The molecule has 7 heteroatoms. The highest BCUT2D eigenvalue weighted by Gasteiger charge is 2.07. The monoisotopic (exact) mass is 340 g/mol. The Morgan fingerprint density at radius 3 is 2.68 bits per heavy atom. The maximum atomic E-state index is 11.7. The maximum Gasteiger partial charge on any atom is 0.331 e.